The maximum atomic E-state index is 12.0. The summed E-state index contributed by atoms with van der Waals surface area (Å²) in [7, 11) is 0. The quantitative estimate of drug-likeness (QED) is 0.697. The van der Waals surface area contributed by atoms with Crippen LogP contribution in [0.2, 0.25) is 0 Å². The van der Waals surface area contributed by atoms with E-state index in [1.165, 1.54) is 11.3 Å². The Morgan fingerprint density at radius 2 is 2.24 bits per heavy atom. The lowest BCUT2D eigenvalue weighted by Crippen LogP contribution is -2.38. The van der Waals surface area contributed by atoms with Crippen molar-refractivity contribution in [2.45, 2.75) is 12.8 Å². The third-order valence-electron chi connectivity index (χ3n) is 3.47. The number of hydrazone groups is 1. The molecule has 0 saturated carbocycles. The van der Waals surface area contributed by atoms with Gasteiger partial charge in [0.25, 0.3) is 5.91 Å². The molecule has 1 N–H and O–H groups in total. The molecule has 0 atom stereocenters. The molecule has 4 nitrogen and oxygen atoms in total. The summed E-state index contributed by atoms with van der Waals surface area (Å²) in [6, 6.07) is 12.2. The summed E-state index contributed by atoms with van der Waals surface area (Å²) in [5.74, 6) is -0.0838. The number of thiophene rings is 1. The highest BCUT2D eigenvalue weighted by molar-refractivity contribution is 7.11. The standard InChI is InChI=1S/C16H17N3OS/c20-16(18-17-11-14-7-4-10-21-14)12-19-9-3-6-13-5-1-2-8-15(13)19/h1-2,4-5,7-8,10-11H,3,6,9,12H2,(H,18,20)/b17-11-. The summed E-state index contributed by atoms with van der Waals surface area (Å²) in [6.07, 6.45) is 3.85. The van der Waals surface area contributed by atoms with Crippen LogP contribution in [0, 0.1) is 0 Å². The number of carbonyl (C=O) groups is 1. The van der Waals surface area contributed by atoms with Crippen LogP contribution < -0.4 is 10.3 Å². The molecule has 2 heterocycles. The van der Waals surface area contributed by atoms with E-state index >= 15 is 0 Å². The highest BCUT2D eigenvalue weighted by Gasteiger charge is 2.18. The van der Waals surface area contributed by atoms with Crippen LogP contribution in [-0.4, -0.2) is 25.2 Å². The fourth-order valence-electron chi connectivity index (χ4n) is 2.52. The van der Waals surface area contributed by atoms with Crippen molar-refractivity contribution in [3.63, 3.8) is 0 Å². The van der Waals surface area contributed by atoms with Crippen LogP contribution >= 0.6 is 11.3 Å². The van der Waals surface area contributed by atoms with E-state index in [1.54, 1.807) is 17.6 Å². The van der Waals surface area contributed by atoms with Gasteiger partial charge in [-0.2, -0.15) is 5.10 Å². The summed E-state index contributed by atoms with van der Waals surface area (Å²) in [6.45, 7) is 1.26. The number of fused-ring (bicyclic) bond motifs is 1. The number of hydrogen-bond acceptors (Lipinski definition) is 4. The SMILES string of the molecule is O=C(CN1CCCc2ccccc21)N/N=C\c1cccs1. The Bertz CT molecular complexity index is 637. The number of para-hydroxylation sites is 1. The van der Waals surface area contributed by atoms with Gasteiger partial charge in [-0.1, -0.05) is 24.3 Å². The summed E-state index contributed by atoms with van der Waals surface area (Å²) in [5, 5.41) is 5.97. The molecule has 3 rings (SSSR count). The van der Waals surface area contributed by atoms with Crippen molar-refractivity contribution in [3.8, 4) is 0 Å². The summed E-state index contributed by atoms with van der Waals surface area (Å²) in [4.78, 5) is 15.1. The number of nitrogens with zero attached hydrogens (tertiary/aromatic N) is 2. The predicted molar refractivity (Wildman–Crippen MR) is 87.0 cm³/mol. The normalized spacial score (nSPS) is 14.2. The highest BCUT2D eigenvalue weighted by atomic mass is 32.1. The largest absolute Gasteiger partial charge is 0.362 e. The Hall–Kier alpha value is -2.14. The van der Waals surface area contributed by atoms with Gasteiger partial charge < -0.3 is 4.90 Å². The summed E-state index contributed by atoms with van der Waals surface area (Å²) >= 11 is 1.59. The molecule has 0 fully saturated rings. The van der Waals surface area contributed by atoms with Crippen LogP contribution in [0.3, 0.4) is 0 Å². The molecule has 0 radical (unpaired) electrons. The molecule has 1 aliphatic rings. The smallest absolute Gasteiger partial charge is 0.259 e. The molecular formula is C16H17N3OS. The van der Waals surface area contributed by atoms with Crippen molar-refractivity contribution >= 4 is 29.1 Å². The minimum atomic E-state index is -0.0838. The maximum absolute atomic E-state index is 12.0. The molecule has 0 spiro atoms. The van der Waals surface area contributed by atoms with Crippen molar-refractivity contribution in [1.29, 1.82) is 0 Å². The topological polar surface area (TPSA) is 44.7 Å². The van der Waals surface area contributed by atoms with Gasteiger partial charge in [-0.15, -0.1) is 11.3 Å². The number of carbonyl (C=O) groups excluding carboxylic acids is 1. The number of anilines is 1. The molecule has 0 saturated heterocycles. The molecule has 21 heavy (non-hydrogen) atoms. The van der Waals surface area contributed by atoms with Gasteiger partial charge in [0.2, 0.25) is 0 Å². The van der Waals surface area contributed by atoms with Gasteiger partial charge in [-0.3, -0.25) is 4.79 Å². The molecule has 0 unspecified atom stereocenters. The number of amides is 1. The van der Waals surface area contributed by atoms with Crippen molar-refractivity contribution in [2.75, 3.05) is 18.0 Å². The van der Waals surface area contributed by atoms with E-state index in [1.807, 2.05) is 29.6 Å². The minimum absolute atomic E-state index is 0.0838. The van der Waals surface area contributed by atoms with Crippen LogP contribution in [0.4, 0.5) is 5.69 Å². The third-order valence-corrected chi connectivity index (χ3v) is 4.27. The molecule has 1 aromatic carbocycles. The van der Waals surface area contributed by atoms with Gasteiger partial charge >= 0.3 is 0 Å². The van der Waals surface area contributed by atoms with Gasteiger partial charge in [-0.05, 0) is 35.9 Å². The molecule has 5 heteroatoms. The zero-order valence-electron chi connectivity index (χ0n) is 11.7. The minimum Gasteiger partial charge on any atom is -0.362 e. The molecule has 0 bridgehead atoms. The molecule has 1 amide bonds. The Kier molecular flexibility index (Phi) is 4.31. The van der Waals surface area contributed by atoms with E-state index < -0.39 is 0 Å². The van der Waals surface area contributed by atoms with Crippen molar-refractivity contribution < 1.29 is 4.79 Å². The number of benzene rings is 1. The number of hydrogen-bond donors (Lipinski definition) is 1. The zero-order chi connectivity index (χ0) is 14.5. The van der Waals surface area contributed by atoms with Crippen molar-refractivity contribution in [1.82, 2.24) is 5.43 Å². The third kappa shape index (κ3) is 3.49. The van der Waals surface area contributed by atoms with E-state index in [4.69, 9.17) is 0 Å². The second kappa shape index (κ2) is 6.54. The van der Waals surface area contributed by atoms with Crippen LogP contribution in [0.5, 0.6) is 0 Å². The van der Waals surface area contributed by atoms with Gasteiger partial charge in [0.1, 0.15) is 0 Å². The fourth-order valence-corrected chi connectivity index (χ4v) is 3.10. The van der Waals surface area contributed by atoms with E-state index in [0.717, 1.165) is 24.3 Å². The number of aryl methyl sites for hydroxylation is 1. The first-order chi connectivity index (χ1) is 10.3. The van der Waals surface area contributed by atoms with Gasteiger partial charge in [-0.25, -0.2) is 5.43 Å². The van der Waals surface area contributed by atoms with Gasteiger partial charge in [0.15, 0.2) is 0 Å². The zero-order valence-corrected chi connectivity index (χ0v) is 12.5. The Morgan fingerprint density at radius 3 is 3.10 bits per heavy atom. The monoisotopic (exact) mass is 299 g/mol. The lowest BCUT2D eigenvalue weighted by atomic mass is 10.0. The summed E-state index contributed by atoms with van der Waals surface area (Å²) in [5.41, 5.74) is 5.08. The summed E-state index contributed by atoms with van der Waals surface area (Å²) < 4.78 is 0. The molecular weight excluding hydrogens is 282 g/mol. The van der Waals surface area contributed by atoms with Gasteiger partial charge in [0.05, 0.1) is 12.8 Å². The first-order valence-corrected chi connectivity index (χ1v) is 7.89. The first-order valence-electron chi connectivity index (χ1n) is 7.01. The molecule has 1 aromatic heterocycles. The van der Waals surface area contributed by atoms with E-state index in [2.05, 4.69) is 27.6 Å². The average Bonchev–Trinajstić information content (AvgIpc) is 3.01. The first kappa shape index (κ1) is 13.8. The molecule has 108 valence electrons. The van der Waals surface area contributed by atoms with Crippen LogP contribution in [0.15, 0.2) is 46.9 Å². The maximum Gasteiger partial charge on any atom is 0.259 e. The number of nitrogens with one attached hydrogen (secondary N) is 1. The second-order valence-electron chi connectivity index (χ2n) is 4.96. The number of rotatable bonds is 4. The second-order valence-corrected chi connectivity index (χ2v) is 5.94. The fraction of sp³-hybridized carbons (Fsp3) is 0.250. The van der Waals surface area contributed by atoms with E-state index in [9.17, 15) is 4.79 Å². The molecule has 1 aliphatic heterocycles. The van der Waals surface area contributed by atoms with Crippen LogP contribution in [-0.2, 0) is 11.2 Å². The van der Waals surface area contributed by atoms with Crippen molar-refractivity contribution in [3.05, 3.63) is 52.2 Å². The Balaban J connectivity index is 1.58. The Morgan fingerprint density at radius 1 is 1.33 bits per heavy atom. The van der Waals surface area contributed by atoms with E-state index in [-0.39, 0.29) is 5.91 Å². The van der Waals surface area contributed by atoms with Crippen LogP contribution in [0.1, 0.15) is 16.9 Å². The van der Waals surface area contributed by atoms with Crippen molar-refractivity contribution in [2.24, 2.45) is 5.10 Å². The lowest BCUT2D eigenvalue weighted by molar-refractivity contribution is -0.119. The highest BCUT2D eigenvalue weighted by Crippen LogP contribution is 2.26. The lowest BCUT2D eigenvalue weighted by Gasteiger charge is -2.30. The molecule has 0 aliphatic carbocycles. The molecule has 2 aromatic rings. The predicted octanol–water partition coefficient (Wildman–Crippen LogP) is 2.65. The van der Waals surface area contributed by atoms with Crippen LogP contribution in [0.25, 0.3) is 0 Å². The van der Waals surface area contributed by atoms with E-state index in [0.29, 0.717) is 6.54 Å². The average molecular weight is 299 g/mol. The van der Waals surface area contributed by atoms with Gasteiger partial charge in [0, 0.05) is 17.1 Å². The Labute approximate surface area is 128 Å².